The topological polar surface area (TPSA) is 30.5 Å². The number of ether oxygens (including phenoxy) is 2. The number of halogens is 1. The first-order valence-electron chi connectivity index (χ1n) is 6.73. The van der Waals surface area contributed by atoms with Crippen LogP contribution in [-0.4, -0.2) is 26.3 Å². The molecule has 4 heteroatoms. The van der Waals surface area contributed by atoms with E-state index in [1.165, 1.54) is 0 Å². The Labute approximate surface area is 127 Å². The van der Waals surface area contributed by atoms with E-state index in [2.05, 4.69) is 39.8 Å². The van der Waals surface area contributed by atoms with Gasteiger partial charge in [0.25, 0.3) is 0 Å². The second-order valence-corrected chi connectivity index (χ2v) is 5.78. The van der Waals surface area contributed by atoms with E-state index in [4.69, 9.17) is 9.47 Å². The Morgan fingerprint density at radius 3 is 2.85 bits per heavy atom. The van der Waals surface area contributed by atoms with Gasteiger partial charge < -0.3 is 14.8 Å². The summed E-state index contributed by atoms with van der Waals surface area (Å²) in [6.45, 7) is 1.82. The first kappa shape index (κ1) is 13.7. The average Bonchev–Trinajstić information content (AvgIpc) is 2.43. The molecule has 1 aromatic rings. The van der Waals surface area contributed by atoms with Crippen molar-refractivity contribution in [1.29, 1.82) is 0 Å². The quantitative estimate of drug-likeness (QED) is 0.916. The van der Waals surface area contributed by atoms with Crippen LogP contribution >= 0.6 is 15.9 Å². The van der Waals surface area contributed by atoms with Crippen molar-refractivity contribution in [1.82, 2.24) is 5.32 Å². The summed E-state index contributed by atoms with van der Waals surface area (Å²) in [6.07, 6.45) is 7.47. The Hall–Kier alpha value is -1.26. The molecule has 0 atom stereocenters. The van der Waals surface area contributed by atoms with Crippen LogP contribution < -0.4 is 10.1 Å². The molecule has 1 N–H and O–H groups in total. The molecule has 0 amide bonds. The fraction of sp³-hybridized carbons (Fsp3) is 0.312. The molecule has 3 nitrogen and oxygen atoms in total. The van der Waals surface area contributed by atoms with Gasteiger partial charge in [-0.3, -0.25) is 0 Å². The second kappa shape index (κ2) is 6.02. The largest absolute Gasteiger partial charge is 0.496 e. The van der Waals surface area contributed by atoms with Gasteiger partial charge in [-0.05, 0) is 37.1 Å². The van der Waals surface area contributed by atoms with Crippen molar-refractivity contribution in [2.75, 3.05) is 20.2 Å². The van der Waals surface area contributed by atoms with Crippen molar-refractivity contribution >= 4 is 21.5 Å². The van der Waals surface area contributed by atoms with Gasteiger partial charge in [0, 0.05) is 28.7 Å². The molecule has 3 rings (SSSR count). The van der Waals surface area contributed by atoms with Crippen LogP contribution in [0.3, 0.4) is 0 Å². The Balaban J connectivity index is 1.98. The monoisotopic (exact) mass is 334 g/mol. The molecule has 1 heterocycles. The van der Waals surface area contributed by atoms with Gasteiger partial charge in [0.15, 0.2) is 0 Å². The third-order valence-corrected chi connectivity index (χ3v) is 3.98. The lowest BCUT2D eigenvalue weighted by Gasteiger charge is -2.29. The molecule has 0 bridgehead atoms. The molecule has 1 aliphatic heterocycles. The molecule has 20 heavy (non-hydrogen) atoms. The summed E-state index contributed by atoms with van der Waals surface area (Å²) in [6, 6.07) is 6.14. The third-order valence-electron chi connectivity index (χ3n) is 3.48. The smallest absolute Gasteiger partial charge is 0.128 e. The minimum Gasteiger partial charge on any atom is -0.496 e. The SMILES string of the molecule is COC1=C(c2ccc(Br)cc2OC2CNC2)[CH]CC=C1. The van der Waals surface area contributed by atoms with Crippen LogP contribution in [0.5, 0.6) is 5.75 Å². The molecule has 0 unspecified atom stereocenters. The number of rotatable bonds is 4. The van der Waals surface area contributed by atoms with Crippen LogP contribution in [0.1, 0.15) is 12.0 Å². The van der Waals surface area contributed by atoms with E-state index in [-0.39, 0.29) is 6.10 Å². The Morgan fingerprint density at radius 1 is 1.30 bits per heavy atom. The molecule has 1 radical (unpaired) electrons. The molecule has 1 aliphatic carbocycles. The second-order valence-electron chi connectivity index (χ2n) is 4.86. The van der Waals surface area contributed by atoms with Gasteiger partial charge in [-0.15, -0.1) is 0 Å². The van der Waals surface area contributed by atoms with Crippen molar-refractivity contribution < 1.29 is 9.47 Å². The fourth-order valence-corrected chi connectivity index (χ4v) is 2.65. The number of methoxy groups -OCH3 is 1. The molecule has 1 saturated heterocycles. The van der Waals surface area contributed by atoms with Gasteiger partial charge in [0.05, 0.1) is 7.11 Å². The molecule has 105 valence electrons. The summed E-state index contributed by atoms with van der Waals surface area (Å²) >= 11 is 3.52. The van der Waals surface area contributed by atoms with E-state index in [1.54, 1.807) is 7.11 Å². The van der Waals surface area contributed by atoms with Crippen LogP contribution in [0.4, 0.5) is 0 Å². The van der Waals surface area contributed by atoms with E-state index < -0.39 is 0 Å². The van der Waals surface area contributed by atoms with Crippen molar-refractivity contribution in [2.24, 2.45) is 0 Å². The predicted octanol–water partition coefficient (Wildman–Crippen LogP) is 3.32. The minimum atomic E-state index is 0.258. The Bertz CT molecular complexity index is 562. The number of hydrogen-bond donors (Lipinski definition) is 1. The molecular weight excluding hydrogens is 318 g/mol. The number of hydrogen-bond acceptors (Lipinski definition) is 3. The summed E-state index contributed by atoms with van der Waals surface area (Å²) in [4.78, 5) is 0. The van der Waals surface area contributed by atoms with Crippen LogP contribution in [-0.2, 0) is 4.74 Å². The average molecular weight is 335 g/mol. The van der Waals surface area contributed by atoms with Gasteiger partial charge in [0.1, 0.15) is 17.6 Å². The van der Waals surface area contributed by atoms with E-state index >= 15 is 0 Å². The zero-order valence-corrected chi connectivity index (χ0v) is 12.9. The lowest BCUT2D eigenvalue weighted by atomic mass is 9.95. The van der Waals surface area contributed by atoms with Gasteiger partial charge >= 0.3 is 0 Å². The van der Waals surface area contributed by atoms with Gasteiger partial charge in [-0.25, -0.2) is 0 Å². The maximum atomic E-state index is 6.08. The minimum absolute atomic E-state index is 0.258. The summed E-state index contributed by atoms with van der Waals surface area (Å²) in [7, 11) is 1.70. The number of benzene rings is 1. The lowest BCUT2D eigenvalue weighted by molar-refractivity contribution is 0.141. The lowest BCUT2D eigenvalue weighted by Crippen LogP contribution is -2.50. The number of allylic oxidation sites excluding steroid dienone is 3. The standard InChI is InChI=1S/C16H17BrNO2/c1-19-15-5-3-2-4-13(15)14-7-6-11(17)8-16(14)20-12-9-18-10-12/h3-8,12,18H,2,9-10H2,1H3. The van der Waals surface area contributed by atoms with Crippen molar-refractivity contribution in [3.8, 4) is 5.75 Å². The Kier molecular flexibility index (Phi) is 4.13. The fourth-order valence-electron chi connectivity index (χ4n) is 2.31. The summed E-state index contributed by atoms with van der Waals surface area (Å²) < 4.78 is 12.6. The molecule has 0 saturated carbocycles. The van der Waals surface area contributed by atoms with Crippen molar-refractivity contribution in [3.63, 3.8) is 0 Å². The van der Waals surface area contributed by atoms with Gasteiger partial charge in [-0.1, -0.05) is 22.0 Å². The first-order chi connectivity index (χ1) is 9.78. The van der Waals surface area contributed by atoms with Gasteiger partial charge in [0.2, 0.25) is 0 Å². The van der Waals surface area contributed by atoms with Crippen LogP contribution in [0.25, 0.3) is 5.57 Å². The van der Waals surface area contributed by atoms with E-state index in [1.807, 2.05) is 18.2 Å². The predicted molar refractivity (Wildman–Crippen MR) is 83.4 cm³/mol. The summed E-state index contributed by atoms with van der Waals surface area (Å²) in [5.41, 5.74) is 2.19. The first-order valence-corrected chi connectivity index (χ1v) is 7.52. The van der Waals surface area contributed by atoms with E-state index in [9.17, 15) is 0 Å². The van der Waals surface area contributed by atoms with E-state index in [0.29, 0.717) is 0 Å². The van der Waals surface area contributed by atoms with E-state index in [0.717, 1.165) is 46.6 Å². The molecule has 1 aromatic carbocycles. The highest BCUT2D eigenvalue weighted by Gasteiger charge is 2.22. The molecular formula is C16H17BrNO2. The van der Waals surface area contributed by atoms with Crippen molar-refractivity contribution in [2.45, 2.75) is 12.5 Å². The summed E-state index contributed by atoms with van der Waals surface area (Å²) in [5, 5.41) is 3.22. The highest BCUT2D eigenvalue weighted by molar-refractivity contribution is 9.10. The summed E-state index contributed by atoms with van der Waals surface area (Å²) in [5.74, 6) is 1.79. The zero-order valence-electron chi connectivity index (χ0n) is 11.4. The van der Waals surface area contributed by atoms with Gasteiger partial charge in [-0.2, -0.15) is 0 Å². The Morgan fingerprint density at radius 2 is 2.15 bits per heavy atom. The highest BCUT2D eigenvalue weighted by atomic mass is 79.9. The maximum absolute atomic E-state index is 6.08. The van der Waals surface area contributed by atoms with Crippen LogP contribution in [0.15, 0.2) is 40.6 Å². The molecule has 1 fully saturated rings. The van der Waals surface area contributed by atoms with Crippen LogP contribution in [0.2, 0.25) is 0 Å². The maximum Gasteiger partial charge on any atom is 0.128 e. The number of nitrogens with one attached hydrogen (secondary N) is 1. The normalized spacial score (nSPS) is 18.9. The molecule has 0 spiro atoms. The highest BCUT2D eigenvalue weighted by Crippen LogP contribution is 2.36. The molecule has 0 aromatic heterocycles. The third kappa shape index (κ3) is 2.76. The zero-order chi connectivity index (χ0) is 13.9. The van der Waals surface area contributed by atoms with Crippen LogP contribution in [0, 0.1) is 6.42 Å². The molecule has 2 aliphatic rings. The van der Waals surface area contributed by atoms with Crippen molar-refractivity contribution in [3.05, 3.63) is 52.6 Å².